The average Bonchev–Trinajstić information content (AvgIpc) is 2.87. The van der Waals surface area contributed by atoms with Gasteiger partial charge < -0.3 is 0 Å². The lowest BCUT2D eigenvalue weighted by atomic mass is 10.1. The largest absolute Gasteiger partial charge is 0.419 e. The summed E-state index contributed by atoms with van der Waals surface area (Å²) in [5.41, 5.74) is -0.385. The normalized spacial score (nSPS) is 11.1. The summed E-state index contributed by atoms with van der Waals surface area (Å²) < 4.78 is 38.3. The number of hydrogen-bond acceptors (Lipinski definition) is 3. The molecule has 0 fully saturated rings. The third-order valence-electron chi connectivity index (χ3n) is 2.43. The molecule has 0 aliphatic heterocycles. The van der Waals surface area contributed by atoms with Crippen molar-refractivity contribution in [3.63, 3.8) is 0 Å². The van der Waals surface area contributed by atoms with Crippen LogP contribution in [0.3, 0.4) is 0 Å². The van der Waals surface area contributed by atoms with E-state index in [1.54, 1.807) is 0 Å². The second-order valence-electron chi connectivity index (χ2n) is 3.68. The van der Waals surface area contributed by atoms with Crippen molar-refractivity contribution < 1.29 is 18.0 Å². The molecule has 1 aromatic carbocycles. The second kappa shape index (κ2) is 4.57. The number of carbonyl (C=O) groups is 1. The van der Waals surface area contributed by atoms with Crippen LogP contribution in [0.2, 0.25) is 0 Å². The van der Waals surface area contributed by atoms with Crippen molar-refractivity contribution >= 4 is 6.29 Å². The molecule has 0 radical (unpaired) electrons. The zero-order valence-corrected chi connectivity index (χ0v) is 9.35. The molecule has 0 N–H and O–H groups in total. The molecule has 2 aromatic rings. The van der Waals surface area contributed by atoms with Gasteiger partial charge in [0.25, 0.3) is 0 Å². The first-order valence-electron chi connectivity index (χ1n) is 5.07. The minimum atomic E-state index is -4.49. The molecule has 0 atom stereocenters. The predicted octanol–water partition coefficient (Wildman–Crippen LogP) is 2.58. The molecule has 1 heterocycles. The molecule has 0 unspecified atom stereocenters. The molecule has 0 saturated heterocycles. The van der Waals surface area contributed by atoms with Gasteiger partial charge in [-0.25, -0.2) is 4.68 Å². The smallest absolute Gasteiger partial charge is 0.298 e. The Morgan fingerprint density at radius 3 is 2.63 bits per heavy atom. The predicted molar refractivity (Wildman–Crippen MR) is 58.7 cm³/mol. The molecular formula is C12H6F3N3O. The number of rotatable bonds is 2. The molecule has 7 heteroatoms. The SMILES string of the molecule is N#Cc1cc(C=O)ccc1-n1cc(C(F)(F)F)cn1. The highest BCUT2D eigenvalue weighted by Crippen LogP contribution is 2.29. The van der Waals surface area contributed by atoms with Crippen LogP contribution in [0.25, 0.3) is 5.69 Å². The van der Waals surface area contributed by atoms with Crippen LogP contribution in [0.1, 0.15) is 21.5 Å². The number of aldehydes is 1. The van der Waals surface area contributed by atoms with Crippen LogP contribution in [0.15, 0.2) is 30.6 Å². The van der Waals surface area contributed by atoms with E-state index in [9.17, 15) is 18.0 Å². The Morgan fingerprint density at radius 2 is 2.11 bits per heavy atom. The molecule has 0 spiro atoms. The van der Waals surface area contributed by atoms with Crippen LogP contribution in [0, 0.1) is 11.3 Å². The lowest BCUT2D eigenvalue weighted by Crippen LogP contribution is -2.03. The van der Waals surface area contributed by atoms with Gasteiger partial charge in [0.15, 0.2) is 0 Å². The standard InChI is InChI=1S/C12H6F3N3O/c13-12(14,15)10-5-17-18(6-10)11-2-1-8(7-19)3-9(11)4-16/h1-3,5-7H. The van der Waals surface area contributed by atoms with E-state index in [2.05, 4.69) is 5.10 Å². The Labute approximate surface area is 105 Å². The van der Waals surface area contributed by atoms with E-state index in [4.69, 9.17) is 5.26 Å². The van der Waals surface area contributed by atoms with Gasteiger partial charge in [0, 0.05) is 11.8 Å². The van der Waals surface area contributed by atoms with Gasteiger partial charge in [0.05, 0.1) is 23.0 Å². The van der Waals surface area contributed by atoms with E-state index in [0.29, 0.717) is 12.5 Å². The highest BCUT2D eigenvalue weighted by Gasteiger charge is 2.32. The average molecular weight is 265 g/mol. The third kappa shape index (κ3) is 2.47. The molecular weight excluding hydrogens is 259 g/mol. The van der Waals surface area contributed by atoms with E-state index in [1.165, 1.54) is 18.2 Å². The highest BCUT2D eigenvalue weighted by molar-refractivity contribution is 5.76. The van der Waals surface area contributed by atoms with Crippen molar-refractivity contribution in [1.82, 2.24) is 9.78 Å². The quantitative estimate of drug-likeness (QED) is 0.784. The van der Waals surface area contributed by atoms with Crippen molar-refractivity contribution in [2.75, 3.05) is 0 Å². The van der Waals surface area contributed by atoms with E-state index < -0.39 is 11.7 Å². The molecule has 19 heavy (non-hydrogen) atoms. The van der Waals surface area contributed by atoms with Crippen LogP contribution in [0.5, 0.6) is 0 Å². The summed E-state index contributed by atoms with van der Waals surface area (Å²) in [6.45, 7) is 0. The molecule has 96 valence electrons. The maximum Gasteiger partial charge on any atom is 0.419 e. The highest BCUT2D eigenvalue weighted by atomic mass is 19.4. The van der Waals surface area contributed by atoms with Crippen LogP contribution in [-0.4, -0.2) is 16.1 Å². The third-order valence-corrected chi connectivity index (χ3v) is 2.43. The van der Waals surface area contributed by atoms with Crippen molar-refractivity contribution in [3.8, 4) is 11.8 Å². The zero-order chi connectivity index (χ0) is 14.0. The molecule has 4 nitrogen and oxygen atoms in total. The summed E-state index contributed by atoms with van der Waals surface area (Å²) in [6.07, 6.45) is -2.48. The summed E-state index contributed by atoms with van der Waals surface area (Å²) in [5.74, 6) is 0. The second-order valence-corrected chi connectivity index (χ2v) is 3.68. The molecule has 1 aromatic heterocycles. The lowest BCUT2D eigenvalue weighted by molar-refractivity contribution is -0.137. The first kappa shape index (κ1) is 12.8. The number of halogens is 3. The molecule has 0 saturated carbocycles. The summed E-state index contributed by atoms with van der Waals surface area (Å²) >= 11 is 0. The lowest BCUT2D eigenvalue weighted by Gasteiger charge is -2.05. The summed E-state index contributed by atoms with van der Waals surface area (Å²) in [4.78, 5) is 10.6. The van der Waals surface area contributed by atoms with Gasteiger partial charge in [-0.1, -0.05) is 0 Å². The number of nitriles is 1. The van der Waals surface area contributed by atoms with Gasteiger partial charge >= 0.3 is 6.18 Å². The van der Waals surface area contributed by atoms with Crippen molar-refractivity contribution in [2.24, 2.45) is 0 Å². The first-order chi connectivity index (χ1) is 8.95. The van der Waals surface area contributed by atoms with E-state index in [-0.39, 0.29) is 16.8 Å². The van der Waals surface area contributed by atoms with E-state index in [1.807, 2.05) is 6.07 Å². The van der Waals surface area contributed by atoms with Crippen molar-refractivity contribution in [1.29, 1.82) is 5.26 Å². The topological polar surface area (TPSA) is 58.7 Å². The number of aromatic nitrogens is 2. The van der Waals surface area contributed by atoms with Gasteiger partial charge in [-0.2, -0.15) is 23.5 Å². The van der Waals surface area contributed by atoms with E-state index >= 15 is 0 Å². The van der Waals surface area contributed by atoms with E-state index in [0.717, 1.165) is 10.9 Å². The van der Waals surface area contributed by atoms with Gasteiger partial charge in [-0.15, -0.1) is 0 Å². The Bertz CT molecular complexity index is 668. The molecule has 0 amide bonds. The van der Waals surface area contributed by atoms with Crippen LogP contribution in [-0.2, 0) is 6.18 Å². The summed E-state index contributed by atoms with van der Waals surface area (Å²) in [7, 11) is 0. The van der Waals surface area contributed by atoms with Crippen molar-refractivity contribution in [3.05, 3.63) is 47.3 Å². The fraction of sp³-hybridized carbons (Fsp3) is 0.0833. The Balaban J connectivity index is 2.51. The maximum atomic E-state index is 12.5. The number of carbonyl (C=O) groups excluding carboxylic acids is 1. The van der Waals surface area contributed by atoms with Crippen LogP contribution in [0.4, 0.5) is 13.2 Å². The fourth-order valence-electron chi connectivity index (χ4n) is 1.52. The monoisotopic (exact) mass is 265 g/mol. The molecule has 0 aliphatic rings. The zero-order valence-electron chi connectivity index (χ0n) is 9.35. The van der Waals surface area contributed by atoms with Crippen LogP contribution < -0.4 is 0 Å². The number of nitrogens with zero attached hydrogens (tertiary/aromatic N) is 3. The minimum Gasteiger partial charge on any atom is -0.298 e. The number of alkyl halides is 3. The van der Waals surface area contributed by atoms with Gasteiger partial charge in [-0.05, 0) is 18.2 Å². The maximum absolute atomic E-state index is 12.5. The minimum absolute atomic E-state index is 0.0708. The van der Waals surface area contributed by atoms with Gasteiger partial charge in [0.2, 0.25) is 0 Å². The molecule has 0 bridgehead atoms. The van der Waals surface area contributed by atoms with Gasteiger partial charge in [-0.3, -0.25) is 4.79 Å². The Kier molecular flexibility index (Phi) is 3.09. The Hall–Kier alpha value is -2.62. The van der Waals surface area contributed by atoms with Crippen LogP contribution >= 0.6 is 0 Å². The summed E-state index contributed by atoms with van der Waals surface area (Å²) in [6, 6.07) is 5.88. The number of hydrogen-bond donors (Lipinski definition) is 0. The van der Waals surface area contributed by atoms with Gasteiger partial charge in [0.1, 0.15) is 12.4 Å². The Morgan fingerprint density at radius 1 is 1.37 bits per heavy atom. The van der Waals surface area contributed by atoms with Crippen molar-refractivity contribution in [2.45, 2.75) is 6.18 Å². The summed E-state index contributed by atoms with van der Waals surface area (Å²) in [5, 5.41) is 12.5. The molecule has 2 rings (SSSR count). The first-order valence-corrected chi connectivity index (χ1v) is 5.07. The molecule has 0 aliphatic carbocycles. The number of benzene rings is 1. The fourth-order valence-corrected chi connectivity index (χ4v) is 1.52.